The molecule has 1 aliphatic heterocycles. The van der Waals surface area contributed by atoms with Crippen molar-refractivity contribution in [1.29, 1.82) is 0 Å². The van der Waals surface area contributed by atoms with Crippen LogP contribution in [0.5, 0.6) is 5.75 Å². The van der Waals surface area contributed by atoms with Crippen LogP contribution in [-0.4, -0.2) is 17.8 Å². The monoisotopic (exact) mass is 439 g/mol. The van der Waals surface area contributed by atoms with Crippen LogP contribution in [0.1, 0.15) is 30.1 Å². The van der Waals surface area contributed by atoms with Crippen LogP contribution >= 0.6 is 15.9 Å². The maximum atomic E-state index is 13.0. The average molecular weight is 440 g/mol. The van der Waals surface area contributed by atoms with Gasteiger partial charge in [0.05, 0.1) is 23.1 Å². The third kappa shape index (κ3) is 3.29. The number of rotatable bonds is 3. The molecule has 142 valence electrons. The van der Waals surface area contributed by atoms with Gasteiger partial charge in [0.15, 0.2) is 5.75 Å². The molecule has 5 nitrogen and oxygen atoms in total. The highest BCUT2D eigenvalue weighted by Gasteiger charge is 2.49. The van der Waals surface area contributed by atoms with Crippen molar-refractivity contribution in [2.24, 2.45) is 11.8 Å². The molecule has 1 heterocycles. The summed E-state index contributed by atoms with van der Waals surface area (Å²) in [5.74, 6) is -1.49. The van der Waals surface area contributed by atoms with Gasteiger partial charge in [-0.3, -0.25) is 9.59 Å². The van der Waals surface area contributed by atoms with E-state index < -0.39 is 5.97 Å². The van der Waals surface area contributed by atoms with E-state index in [1.807, 2.05) is 13.0 Å². The Bertz CT molecular complexity index is 996. The Morgan fingerprint density at radius 1 is 1.04 bits per heavy atom. The van der Waals surface area contributed by atoms with Gasteiger partial charge in [-0.1, -0.05) is 39.7 Å². The van der Waals surface area contributed by atoms with Crippen LogP contribution in [0.25, 0.3) is 0 Å². The van der Waals surface area contributed by atoms with E-state index in [0.29, 0.717) is 24.1 Å². The molecule has 0 N–H and O–H groups in total. The summed E-state index contributed by atoms with van der Waals surface area (Å²) in [5, 5.41) is 0. The van der Waals surface area contributed by atoms with Crippen LogP contribution in [-0.2, 0) is 9.59 Å². The molecule has 2 unspecified atom stereocenters. The van der Waals surface area contributed by atoms with Crippen molar-refractivity contribution < 1.29 is 19.1 Å². The molecule has 0 saturated carbocycles. The highest BCUT2D eigenvalue weighted by molar-refractivity contribution is 9.10. The highest BCUT2D eigenvalue weighted by atomic mass is 79.9. The summed E-state index contributed by atoms with van der Waals surface area (Å²) in [6, 6.07) is 13.4. The van der Waals surface area contributed by atoms with Crippen LogP contribution in [0.15, 0.2) is 64.7 Å². The largest absolute Gasteiger partial charge is 0.421 e. The quantitative estimate of drug-likeness (QED) is 0.305. The molecule has 0 bridgehead atoms. The Morgan fingerprint density at radius 2 is 1.71 bits per heavy atom. The second-order valence-corrected chi connectivity index (χ2v) is 7.99. The van der Waals surface area contributed by atoms with Crippen molar-refractivity contribution >= 4 is 39.4 Å². The number of esters is 1. The van der Waals surface area contributed by atoms with Crippen LogP contribution < -0.4 is 9.64 Å². The molecule has 2 aromatic rings. The van der Waals surface area contributed by atoms with Crippen molar-refractivity contribution in [1.82, 2.24) is 0 Å². The number of allylic oxidation sites excluding steroid dienone is 2. The Hall–Kier alpha value is -2.73. The first kappa shape index (κ1) is 18.6. The Kier molecular flexibility index (Phi) is 4.89. The van der Waals surface area contributed by atoms with E-state index in [0.717, 1.165) is 10.0 Å². The molecule has 0 radical (unpaired) electrons. The van der Waals surface area contributed by atoms with Gasteiger partial charge in [0.1, 0.15) is 0 Å². The standard InChI is InChI=1S/C22H18BrNO4/c1-13-6-11-16-17(12-13)21(26)24(20(16)25)18-4-2-3-5-19(18)28-22(27)14-7-9-15(23)10-8-14/h2-10,16-17H,11-12H2,1H3. The van der Waals surface area contributed by atoms with E-state index in [1.54, 1.807) is 48.5 Å². The Morgan fingerprint density at radius 3 is 2.46 bits per heavy atom. The van der Waals surface area contributed by atoms with Crippen molar-refractivity contribution in [3.8, 4) is 5.75 Å². The van der Waals surface area contributed by atoms with Crippen molar-refractivity contribution in [3.63, 3.8) is 0 Å². The molecule has 2 amide bonds. The zero-order valence-electron chi connectivity index (χ0n) is 15.2. The SMILES string of the molecule is CC1=CCC2C(=O)N(c3ccccc3OC(=O)c3ccc(Br)cc3)C(=O)C2C1. The van der Waals surface area contributed by atoms with Crippen molar-refractivity contribution in [2.45, 2.75) is 19.8 Å². The number of halogens is 1. The van der Waals surface area contributed by atoms with Crippen molar-refractivity contribution in [2.75, 3.05) is 4.90 Å². The number of fused-ring (bicyclic) bond motifs is 1. The van der Waals surface area contributed by atoms with Gasteiger partial charge in [-0.15, -0.1) is 0 Å². The molecule has 2 aliphatic rings. The number of carbonyl (C=O) groups is 3. The van der Waals surface area contributed by atoms with Crippen LogP contribution in [0, 0.1) is 11.8 Å². The molecule has 2 aromatic carbocycles. The van der Waals surface area contributed by atoms with Crippen LogP contribution in [0.2, 0.25) is 0 Å². The number of imide groups is 1. The van der Waals surface area contributed by atoms with Gasteiger partial charge in [0, 0.05) is 4.47 Å². The minimum Gasteiger partial charge on any atom is -0.421 e. The van der Waals surface area contributed by atoms with E-state index in [4.69, 9.17) is 4.74 Å². The number of benzene rings is 2. The van der Waals surface area contributed by atoms with Gasteiger partial charge in [0.25, 0.3) is 0 Å². The molecular weight excluding hydrogens is 422 g/mol. The number of ether oxygens (including phenoxy) is 1. The maximum Gasteiger partial charge on any atom is 0.343 e. The summed E-state index contributed by atoms with van der Waals surface area (Å²) in [6.45, 7) is 1.98. The smallest absolute Gasteiger partial charge is 0.343 e. The van der Waals surface area contributed by atoms with Gasteiger partial charge in [-0.05, 0) is 56.2 Å². The lowest BCUT2D eigenvalue weighted by atomic mass is 9.82. The van der Waals surface area contributed by atoms with E-state index >= 15 is 0 Å². The number of nitrogens with zero attached hydrogens (tertiary/aromatic N) is 1. The molecule has 0 aromatic heterocycles. The van der Waals surface area contributed by atoms with E-state index in [2.05, 4.69) is 15.9 Å². The van der Waals surface area contributed by atoms with Crippen LogP contribution in [0.3, 0.4) is 0 Å². The van der Waals surface area contributed by atoms with Crippen LogP contribution in [0.4, 0.5) is 5.69 Å². The lowest BCUT2D eigenvalue weighted by molar-refractivity contribution is -0.122. The van der Waals surface area contributed by atoms with Gasteiger partial charge >= 0.3 is 5.97 Å². The summed E-state index contributed by atoms with van der Waals surface area (Å²) in [7, 11) is 0. The van der Waals surface area contributed by atoms with Crippen molar-refractivity contribution in [3.05, 3.63) is 70.2 Å². The van der Waals surface area contributed by atoms with Gasteiger partial charge < -0.3 is 4.74 Å². The summed E-state index contributed by atoms with van der Waals surface area (Å²) in [6.07, 6.45) is 3.18. The molecule has 1 saturated heterocycles. The number of amides is 2. The molecule has 28 heavy (non-hydrogen) atoms. The molecule has 1 aliphatic carbocycles. The van der Waals surface area contributed by atoms with E-state index in [-0.39, 0.29) is 29.4 Å². The van der Waals surface area contributed by atoms with Gasteiger partial charge in [-0.25, -0.2) is 9.69 Å². The topological polar surface area (TPSA) is 63.7 Å². The Labute approximate surface area is 171 Å². The normalized spacial score (nSPS) is 21.4. The fourth-order valence-corrected chi connectivity index (χ4v) is 4.01. The number of hydrogen-bond acceptors (Lipinski definition) is 4. The molecule has 2 atom stereocenters. The number of hydrogen-bond donors (Lipinski definition) is 0. The first-order valence-electron chi connectivity index (χ1n) is 9.06. The summed E-state index contributed by atoms with van der Waals surface area (Å²) >= 11 is 3.33. The second kappa shape index (κ2) is 7.36. The third-order valence-electron chi connectivity index (χ3n) is 5.21. The lowest BCUT2D eigenvalue weighted by Gasteiger charge is -2.19. The van der Waals surface area contributed by atoms with Gasteiger partial charge in [0.2, 0.25) is 11.8 Å². The van der Waals surface area contributed by atoms with Gasteiger partial charge in [-0.2, -0.15) is 0 Å². The second-order valence-electron chi connectivity index (χ2n) is 7.08. The summed E-state index contributed by atoms with van der Waals surface area (Å²) in [5.41, 5.74) is 1.82. The number of carbonyl (C=O) groups excluding carboxylic acids is 3. The summed E-state index contributed by atoms with van der Waals surface area (Å²) < 4.78 is 6.39. The molecule has 4 rings (SSSR count). The molecule has 0 spiro atoms. The third-order valence-corrected chi connectivity index (χ3v) is 5.74. The molecule has 1 fully saturated rings. The van der Waals surface area contributed by atoms with E-state index in [9.17, 15) is 14.4 Å². The molecular formula is C22H18BrNO4. The lowest BCUT2D eigenvalue weighted by Crippen LogP contribution is -2.31. The minimum atomic E-state index is -0.547. The molecule has 6 heteroatoms. The average Bonchev–Trinajstić information content (AvgIpc) is 2.93. The summed E-state index contributed by atoms with van der Waals surface area (Å²) in [4.78, 5) is 39.6. The highest BCUT2D eigenvalue weighted by Crippen LogP contribution is 2.42. The number of anilines is 1. The predicted octanol–water partition coefficient (Wildman–Crippen LogP) is 4.51. The van der Waals surface area contributed by atoms with E-state index in [1.165, 1.54) is 4.90 Å². The predicted molar refractivity (Wildman–Crippen MR) is 108 cm³/mol. The zero-order chi connectivity index (χ0) is 19.8. The first-order valence-corrected chi connectivity index (χ1v) is 9.85. The Balaban J connectivity index is 1.63. The fraction of sp³-hybridized carbons (Fsp3) is 0.227. The minimum absolute atomic E-state index is 0.195. The zero-order valence-corrected chi connectivity index (χ0v) is 16.8. The fourth-order valence-electron chi connectivity index (χ4n) is 3.75. The first-order chi connectivity index (χ1) is 13.5. The number of para-hydroxylation sites is 2. The maximum absolute atomic E-state index is 13.0.